The maximum absolute atomic E-state index is 12.8. The number of benzene rings is 2. The van der Waals surface area contributed by atoms with E-state index in [2.05, 4.69) is 4.72 Å². The van der Waals surface area contributed by atoms with Crippen LogP contribution in [0.5, 0.6) is 0 Å². The Bertz CT molecular complexity index is 913. The molecule has 0 radical (unpaired) electrons. The van der Waals surface area contributed by atoms with Gasteiger partial charge in [-0.2, -0.15) is 0 Å². The molecule has 1 amide bonds. The average Bonchev–Trinajstić information content (AvgIpc) is 2.68. The van der Waals surface area contributed by atoms with E-state index in [-0.39, 0.29) is 10.8 Å². The van der Waals surface area contributed by atoms with Gasteiger partial charge in [0, 0.05) is 50.6 Å². The van der Waals surface area contributed by atoms with E-state index in [0.29, 0.717) is 31.2 Å². The fraction of sp³-hybridized carbons (Fsp3) is 0.450. The Labute approximate surface area is 167 Å². The number of hydrogen-bond acceptors (Lipinski definition) is 5. The number of hydroxylamine groups is 2. The van der Waals surface area contributed by atoms with Gasteiger partial charge in [0.05, 0.1) is 12.0 Å². The van der Waals surface area contributed by atoms with Crippen molar-refractivity contribution in [2.45, 2.75) is 30.6 Å². The van der Waals surface area contributed by atoms with E-state index >= 15 is 0 Å². The number of unbranched alkanes of at least 4 members (excludes halogenated alkanes) is 2. The summed E-state index contributed by atoms with van der Waals surface area (Å²) < 4.78 is 28.3. The molecule has 28 heavy (non-hydrogen) atoms. The zero-order valence-corrected chi connectivity index (χ0v) is 17.8. The molecule has 2 aromatic carbocycles. The monoisotopic (exact) mass is 407 g/mol. The van der Waals surface area contributed by atoms with Crippen molar-refractivity contribution in [2.24, 2.45) is 0 Å². The SMILES string of the molecule is CON(C)C(=O)CCCCCNS(=O)(=O)c1cccc2c(N(C)C)cccc12. The van der Waals surface area contributed by atoms with Crippen molar-refractivity contribution >= 4 is 32.4 Å². The van der Waals surface area contributed by atoms with Gasteiger partial charge in [0.1, 0.15) is 0 Å². The van der Waals surface area contributed by atoms with E-state index in [0.717, 1.165) is 17.5 Å². The fourth-order valence-corrected chi connectivity index (χ4v) is 4.30. The van der Waals surface area contributed by atoms with Crippen molar-refractivity contribution < 1.29 is 18.0 Å². The van der Waals surface area contributed by atoms with Crippen molar-refractivity contribution in [2.75, 3.05) is 39.7 Å². The molecular formula is C20H29N3O4S. The molecule has 154 valence electrons. The molecule has 0 spiro atoms. The number of nitrogens with zero attached hydrogens (tertiary/aromatic N) is 2. The lowest BCUT2D eigenvalue weighted by Gasteiger charge is -2.17. The molecular weight excluding hydrogens is 378 g/mol. The summed E-state index contributed by atoms with van der Waals surface area (Å²) in [7, 11) is 3.27. The summed E-state index contributed by atoms with van der Waals surface area (Å²) >= 11 is 0. The van der Waals surface area contributed by atoms with Crippen molar-refractivity contribution in [3.8, 4) is 0 Å². The van der Waals surface area contributed by atoms with Crippen molar-refractivity contribution in [3.05, 3.63) is 36.4 Å². The molecule has 0 aliphatic carbocycles. The van der Waals surface area contributed by atoms with Crippen molar-refractivity contribution in [1.82, 2.24) is 9.79 Å². The third-order valence-corrected chi connectivity index (χ3v) is 6.13. The molecule has 2 aromatic rings. The molecule has 0 heterocycles. The van der Waals surface area contributed by atoms with Gasteiger partial charge in [-0.25, -0.2) is 18.2 Å². The summed E-state index contributed by atoms with van der Waals surface area (Å²) in [4.78, 5) is 18.7. The predicted octanol–water partition coefficient (Wildman–Crippen LogP) is 2.76. The van der Waals surface area contributed by atoms with Crippen LogP contribution < -0.4 is 9.62 Å². The first-order chi connectivity index (χ1) is 13.3. The molecule has 0 aliphatic heterocycles. The molecule has 0 fully saturated rings. The predicted molar refractivity (Wildman–Crippen MR) is 112 cm³/mol. The lowest BCUT2D eigenvalue weighted by atomic mass is 10.1. The molecule has 0 atom stereocenters. The smallest absolute Gasteiger partial charge is 0.245 e. The molecule has 7 nitrogen and oxygen atoms in total. The van der Waals surface area contributed by atoms with Crippen LogP contribution in [0.3, 0.4) is 0 Å². The highest BCUT2D eigenvalue weighted by molar-refractivity contribution is 7.89. The number of carbonyl (C=O) groups is 1. The molecule has 0 saturated carbocycles. The van der Waals surface area contributed by atoms with Crippen LogP contribution in [-0.4, -0.2) is 54.2 Å². The highest BCUT2D eigenvalue weighted by Crippen LogP contribution is 2.30. The minimum Gasteiger partial charge on any atom is -0.377 e. The second-order valence-electron chi connectivity index (χ2n) is 6.81. The summed E-state index contributed by atoms with van der Waals surface area (Å²) in [5.74, 6) is -0.0875. The molecule has 0 unspecified atom stereocenters. The number of sulfonamides is 1. The number of anilines is 1. The number of amides is 1. The summed E-state index contributed by atoms with van der Waals surface area (Å²) in [6, 6.07) is 11.0. The number of hydrogen-bond donors (Lipinski definition) is 1. The Morgan fingerprint density at radius 3 is 2.36 bits per heavy atom. The standard InChI is InChI=1S/C20H29N3O4S/c1-22(2)18-12-8-11-17-16(18)10-9-13-19(17)28(25,26)21-15-7-5-6-14-20(24)23(3)27-4/h8-13,21H,5-7,14-15H2,1-4H3. The van der Waals surface area contributed by atoms with Crippen LogP contribution in [0.15, 0.2) is 41.3 Å². The van der Waals surface area contributed by atoms with Crippen LogP contribution in [0, 0.1) is 0 Å². The Balaban J connectivity index is 1.98. The highest BCUT2D eigenvalue weighted by atomic mass is 32.2. The van der Waals surface area contributed by atoms with E-state index in [4.69, 9.17) is 4.84 Å². The van der Waals surface area contributed by atoms with Crippen LogP contribution in [0.1, 0.15) is 25.7 Å². The van der Waals surface area contributed by atoms with Crippen molar-refractivity contribution in [3.63, 3.8) is 0 Å². The van der Waals surface area contributed by atoms with Gasteiger partial charge in [-0.15, -0.1) is 0 Å². The third kappa shape index (κ3) is 5.43. The number of fused-ring (bicyclic) bond motifs is 1. The van der Waals surface area contributed by atoms with Gasteiger partial charge in [-0.05, 0) is 25.0 Å². The van der Waals surface area contributed by atoms with Gasteiger partial charge >= 0.3 is 0 Å². The largest absolute Gasteiger partial charge is 0.377 e. The Kier molecular flexibility index (Phi) is 7.79. The van der Waals surface area contributed by atoms with Crippen LogP contribution in [-0.2, 0) is 19.7 Å². The molecule has 0 saturated heterocycles. The van der Waals surface area contributed by atoms with Crippen LogP contribution in [0.4, 0.5) is 5.69 Å². The van der Waals surface area contributed by atoms with Gasteiger partial charge < -0.3 is 4.90 Å². The van der Waals surface area contributed by atoms with Crippen LogP contribution >= 0.6 is 0 Å². The quantitative estimate of drug-likeness (QED) is 0.484. The normalized spacial score (nSPS) is 11.6. The molecule has 2 rings (SSSR count). The maximum Gasteiger partial charge on any atom is 0.245 e. The maximum atomic E-state index is 12.8. The topological polar surface area (TPSA) is 79.0 Å². The van der Waals surface area contributed by atoms with E-state index in [9.17, 15) is 13.2 Å². The number of nitrogens with one attached hydrogen (secondary N) is 1. The van der Waals surface area contributed by atoms with E-state index in [1.165, 1.54) is 12.2 Å². The van der Waals surface area contributed by atoms with E-state index < -0.39 is 10.0 Å². The van der Waals surface area contributed by atoms with Gasteiger partial charge in [0.2, 0.25) is 15.9 Å². The number of rotatable bonds is 10. The second kappa shape index (κ2) is 9.86. The first-order valence-electron chi connectivity index (χ1n) is 9.27. The minimum absolute atomic E-state index is 0.0875. The van der Waals surface area contributed by atoms with Crippen LogP contribution in [0.2, 0.25) is 0 Å². The lowest BCUT2D eigenvalue weighted by Crippen LogP contribution is -2.26. The Morgan fingerprint density at radius 2 is 1.68 bits per heavy atom. The van der Waals surface area contributed by atoms with Gasteiger partial charge in [-0.3, -0.25) is 9.63 Å². The first kappa shape index (κ1) is 22.1. The summed E-state index contributed by atoms with van der Waals surface area (Å²) in [6.07, 6.45) is 2.49. The minimum atomic E-state index is -3.61. The zero-order chi connectivity index (χ0) is 20.7. The number of carbonyl (C=O) groups excluding carboxylic acids is 1. The van der Waals surface area contributed by atoms with Crippen LogP contribution in [0.25, 0.3) is 10.8 Å². The zero-order valence-electron chi connectivity index (χ0n) is 16.9. The lowest BCUT2D eigenvalue weighted by molar-refractivity contribution is -0.168. The molecule has 1 N–H and O–H groups in total. The van der Waals surface area contributed by atoms with E-state index in [1.54, 1.807) is 19.2 Å². The summed E-state index contributed by atoms with van der Waals surface area (Å²) in [5, 5.41) is 2.80. The third-order valence-electron chi connectivity index (χ3n) is 4.61. The molecule has 0 bridgehead atoms. The molecule has 0 aliphatic rings. The Morgan fingerprint density at radius 1 is 1.00 bits per heavy atom. The summed E-state index contributed by atoms with van der Waals surface area (Å²) in [5.41, 5.74) is 0.972. The molecule has 0 aromatic heterocycles. The second-order valence-corrected chi connectivity index (χ2v) is 8.54. The van der Waals surface area contributed by atoms with Gasteiger partial charge in [-0.1, -0.05) is 30.7 Å². The van der Waals surface area contributed by atoms with Gasteiger partial charge in [0.15, 0.2) is 0 Å². The first-order valence-corrected chi connectivity index (χ1v) is 10.8. The van der Waals surface area contributed by atoms with Gasteiger partial charge in [0.25, 0.3) is 0 Å². The van der Waals surface area contributed by atoms with E-state index in [1.807, 2.05) is 43.3 Å². The average molecular weight is 408 g/mol. The summed E-state index contributed by atoms with van der Waals surface area (Å²) in [6.45, 7) is 0.334. The highest BCUT2D eigenvalue weighted by Gasteiger charge is 2.18. The van der Waals surface area contributed by atoms with Crippen molar-refractivity contribution in [1.29, 1.82) is 0 Å². The molecule has 8 heteroatoms. The Hall–Kier alpha value is -2.16. The fourth-order valence-electron chi connectivity index (χ4n) is 3.01.